The topological polar surface area (TPSA) is 85.2 Å². The molecule has 2 heterocycles. The third-order valence-electron chi connectivity index (χ3n) is 3.35. The van der Waals surface area contributed by atoms with Gasteiger partial charge in [0.2, 0.25) is 0 Å². The van der Waals surface area contributed by atoms with E-state index in [4.69, 9.17) is 11.5 Å². The van der Waals surface area contributed by atoms with Crippen LogP contribution >= 0.6 is 0 Å². The molecule has 0 atom stereocenters. The van der Waals surface area contributed by atoms with E-state index in [1.54, 1.807) is 6.07 Å². The van der Waals surface area contributed by atoms with Crippen LogP contribution in [0.15, 0.2) is 36.5 Å². The first kappa shape index (κ1) is 11.5. The highest BCUT2D eigenvalue weighted by Crippen LogP contribution is 2.33. The summed E-state index contributed by atoms with van der Waals surface area (Å²) in [5.74, 6) is 0.168. The van der Waals surface area contributed by atoms with E-state index < -0.39 is 5.91 Å². The average Bonchev–Trinajstić information content (AvgIpc) is 2.83. The molecule has 0 fully saturated rings. The summed E-state index contributed by atoms with van der Waals surface area (Å²) in [6.07, 6.45) is 2.45. The Kier molecular flexibility index (Phi) is 2.59. The largest absolute Gasteiger partial charge is 0.397 e. The second-order valence-electron chi connectivity index (χ2n) is 4.52. The number of amides is 1. The molecule has 0 spiro atoms. The zero-order valence-electron chi connectivity index (χ0n) is 10.3. The zero-order valence-corrected chi connectivity index (χ0v) is 10.3. The number of nitrogens with zero attached hydrogens (tertiary/aromatic N) is 2. The predicted octanol–water partition coefficient (Wildman–Crippen LogP) is 1.46. The highest BCUT2D eigenvalue weighted by atomic mass is 16.1. The molecule has 0 saturated carbocycles. The standard InChI is InChI=1S/C14H14N4O/c15-11-8-17-13(7-10(11)14(16)19)18-6-5-9-3-1-2-4-12(9)18/h1-4,7-8H,5-6,15H2,(H2,16,19). The smallest absolute Gasteiger partial charge is 0.250 e. The van der Waals surface area contributed by atoms with Crippen molar-refractivity contribution in [1.29, 1.82) is 0 Å². The van der Waals surface area contributed by atoms with Gasteiger partial charge in [-0.05, 0) is 24.1 Å². The van der Waals surface area contributed by atoms with Crippen LogP contribution in [0.25, 0.3) is 0 Å². The van der Waals surface area contributed by atoms with E-state index in [-0.39, 0.29) is 0 Å². The molecule has 2 aromatic rings. The molecule has 19 heavy (non-hydrogen) atoms. The van der Waals surface area contributed by atoms with Crippen LogP contribution < -0.4 is 16.4 Å². The molecule has 1 aromatic heterocycles. The number of hydrogen-bond acceptors (Lipinski definition) is 4. The molecule has 4 N–H and O–H groups in total. The molecule has 1 aromatic carbocycles. The minimum atomic E-state index is -0.534. The van der Waals surface area contributed by atoms with E-state index >= 15 is 0 Å². The Bertz CT molecular complexity index is 654. The molecular weight excluding hydrogens is 240 g/mol. The molecular formula is C14H14N4O. The van der Waals surface area contributed by atoms with Gasteiger partial charge in [0.25, 0.3) is 5.91 Å². The highest BCUT2D eigenvalue weighted by Gasteiger charge is 2.21. The van der Waals surface area contributed by atoms with Crippen LogP contribution in [0.4, 0.5) is 17.2 Å². The predicted molar refractivity (Wildman–Crippen MR) is 74.3 cm³/mol. The van der Waals surface area contributed by atoms with Crippen molar-refractivity contribution in [1.82, 2.24) is 4.98 Å². The van der Waals surface area contributed by atoms with Crippen molar-refractivity contribution in [2.45, 2.75) is 6.42 Å². The highest BCUT2D eigenvalue weighted by molar-refractivity contribution is 5.98. The summed E-state index contributed by atoms with van der Waals surface area (Å²) < 4.78 is 0. The molecule has 0 saturated heterocycles. The Morgan fingerprint density at radius 1 is 1.32 bits per heavy atom. The van der Waals surface area contributed by atoms with E-state index in [0.29, 0.717) is 17.1 Å². The summed E-state index contributed by atoms with van der Waals surface area (Å²) in [7, 11) is 0. The van der Waals surface area contributed by atoms with E-state index in [2.05, 4.69) is 16.0 Å². The summed E-state index contributed by atoms with van der Waals surface area (Å²) in [4.78, 5) is 17.7. The van der Waals surface area contributed by atoms with Crippen LogP contribution in [0.5, 0.6) is 0 Å². The van der Waals surface area contributed by atoms with Gasteiger partial charge in [0.15, 0.2) is 0 Å². The number of hydrogen-bond donors (Lipinski definition) is 2. The Hall–Kier alpha value is -2.56. The van der Waals surface area contributed by atoms with Gasteiger partial charge in [0.1, 0.15) is 5.82 Å². The number of nitrogen functional groups attached to an aromatic ring is 1. The van der Waals surface area contributed by atoms with Crippen LogP contribution in [-0.2, 0) is 6.42 Å². The molecule has 5 nitrogen and oxygen atoms in total. The number of carbonyl (C=O) groups is 1. The monoisotopic (exact) mass is 254 g/mol. The van der Waals surface area contributed by atoms with E-state index in [1.807, 2.05) is 18.2 Å². The van der Waals surface area contributed by atoms with Crippen LogP contribution in [0.1, 0.15) is 15.9 Å². The van der Waals surface area contributed by atoms with Gasteiger partial charge in [0, 0.05) is 12.2 Å². The average molecular weight is 254 g/mol. The molecule has 1 aliphatic heterocycles. The Morgan fingerprint density at radius 2 is 2.11 bits per heavy atom. The Labute approximate surface area is 110 Å². The molecule has 1 amide bonds. The number of para-hydroxylation sites is 1. The molecule has 0 bridgehead atoms. The van der Waals surface area contributed by atoms with Gasteiger partial charge in [0.05, 0.1) is 17.4 Å². The summed E-state index contributed by atoms with van der Waals surface area (Å²) >= 11 is 0. The third kappa shape index (κ3) is 1.89. The molecule has 0 unspecified atom stereocenters. The molecule has 1 aliphatic rings. The second-order valence-corrected chi connectivity index (χ2v) is 4.52. The number of benzene rings is 1. The van der Waals surface area contributed by atoms with Crippen molar-refractivity contribution in [2.24, 2.45) is 5.73 Å². The lowest BCUT2D eigenvalue weighted by molar-refractivity contribution is 0.100. The summed E-state index contributed by atoms with van der Waals surface area (Å²) in [6, 6.07) is 9.81. The normalized spacial score (nSPS) is 13.4. The molecule has 5 heteroatoms. The summed E-state index contributed by atoms with van der Waals surface area (Å²) in [5, 5.41) is 0. The third-order valence-corrected chi connectivity index (χ3v) is 3.35. The number of aromatic nitrogens is 1. The lowest BCUT2D eigenvalue weighted by Crippen LogP contribution is -2.18. The van der Waals surface area contributed by atoms with E-state index in [0.717, 1.165) is 18.7 Å². The van der Waals surface area contributed by atoms with Gasteiger partial charge in [-0.15, -0.1) is 0 Å². The quantitative estimate of drug-likeness (QED) is 0.849. The van der Waals surface area contributed by atoms with Gasteiger partial charge in [-0.3, -0.25) is 4.79 Å². The molecule has 0 aliphatic carbocycles. The van der Waals surface area contributed by atoms with Gasteiger partial charge in [-0.2, -0.15) is 0 Å². The van der Waals surface area contributed by atoms with Crippen molar-refractivity contribution in [3.8, 4) is 0 Å². The number of nitrogens with two attached hydrogens (primary N) is 2. The van der Waals surface area contributed by atoms with E-state index in [9.17, 15) is 4.79 Å². The van der Waals surface area contributed by atoms with Gasteiger partial charge in [-0.1, -0.05) is 18.2 Å². The lowest BCUT2D eigenvalue weighted by Gasteiger charge is -2.19. The number of anilines is 3. The van der Waals surface area contributed by atoms with Crippen LogP contribution in [0, 0.1) is 0 Å². The zero-order chi connectivity index (χ0) is 13.4. The first-order chi connectivity index (χ1) is 9.16. The number of fused-ring (bicyclic) bond motifs is 1. The summed E-state index contributed by atoms with van der Waals surface area (Å²) in [6.45, 7) is 0.842. The maximum atomic E-state index is 11.3. The van der Waals surface area contributed by atoms with Crippen LogP contribution in [-0.4, -0.2) is 17.4 Å². The second kappa shape index (κ2) is 4.28. The van der Waals surface area contributed by atoms with Gasteiger partial charge >= 0.3 is 0 Å². The maximum absolute atomic E-state index is 11.3. The lowest BCUT2D eigenvalue weighted by atomic mass is 10.2. The van der Waals surface area contributed by atoms with Crippen LogP contribution in [0.3, 0.4) is 0 Å². The minimum Gasteiger partial charge on any atom is -0.397 e. The molecule has 0 radical (unpaired) electrons. The maximum Gasteiger partial charge on any atom is 0.250 e. The first-order valence-corrected chi connectivity index (χ1v) is 6.07. The number of carbonyl (C=O) groups excluding carboxylic acids is 1. The molecule has 96 valence electrons. The van der Waals surface area contributed by atoms with Crippen molar-refractivity contribution in [2.75, 3.05) is 17.2 Å². The van der Waals surface area contributed by atoms with Gasteiger partial charge < -0.3 is 16.4 Å². The van der Waals surface area contributed by atoms with Gasteiger partial charge in [-0.25, -0.2) is 4.98 Å². The molecule has 3 rings (SSSR count). The van der Waals surface area contributed by atoms with Crippen molar-refractivity contribution in [3.63, 3.8) is 0 Å². The van der Waals surface area contributed by atoms with Crippen molar-refractivity contribution >= 4 is 23.1 Å². The van der Waals surface area contributed by atoms with E-state index in [1.165, 1.54) is 11.8 Å². The Morgan fingerprint density at radius 3 is 2.89 bits per heavy atom. The fourth-order valence-corrected chi connectivity index (χ4v) is 2.39. The SMILES string of the molecule is NC(=O)c1cc(N2CCc3ccccc32)ncc1N. The number of rotatable bonds is 2. The number of pyridine rings is 1. The van der Waals surface area contributed by atoms with Crippen molar-refractivity contribution < 1.29 is 4.79 Å². The van der Waals surface area contributed by atoms with Crippen LogP contribution in [0.2, 0.25) is 0 Å². The number of primary amides is 1. The fourth-order valence-electron chi connectivity index (χ4n) is 2.39. The minimum absolute atomic E-state index is 0.309. The van der Waals surface area contributed by atoms with Crippen molar-refractivity contribution in [3.05, 3.63) is 47.7 Å². The fraction of sp³-hybridized carbons (Fsp3) is 0.143. The summed E-state index contributed by atoms with van der Waals surface area (Å²) in [5.41, 5.74) is 14.0. The Balaban J connectivity index is 2.05. The first-order valence-electron chi connectivity index (χ1n) is 6.07.